The van der Waals surface area contributed by atoms with Crippen molar-refractivity contribution in [1.29, 1.82) is 0 Å². The molecule has 0 amide bonds. The Morgan fingerprint density at radius 1 is 1.00 bits per heavy atom. The largest absolute Gasteiger partial charge is 0.303 e. The molecule has 1 aromatic heterocycles. The van der Waals surface area contributed by atoms with Crippen molar-refractivity contribution in [2.75, 3.05) is 39.0 Å². The number of rotatable bonds is 8. The van der Waals surface area contributed by atoms with Crippen molar-refractivity contribution in [3.63, 3.8) is 0 Å². The third-order valence-corrected chi connectivity index (χ3v) is 13.1. The van der Waals surface area contributed by atoms with E-state index in [1.165, 1.54) is 9.87 Å². The van der Waals surface area contributed by atoms with Crippen LogP contribution in [0.25, 0.3) is 10.9 Å². The minimum atomic E-state index is -3.81. The summed E-state index contributed by atoms with van der Waals surface area (Å²) in [5.74, 6) is 0.607. The third kappa shape index (κ3) is 5.65. The van der Waals surface area contributed by atoms with Crippen LogP contribution in [0.4, 0.5) is 0 Å². The molecule has 0 radical (unpaired) electrons. The molecule has 1 saturated heterocycles. The summed E-state index contributed by atoms with van der Waals surface area (Å²) in [7, 11) is -3.12. The van der Waals surface area contributed by atoms with Crippen molar-refractivity contribution in [1.82, 2.24) is 14.2 Å². The van der Waals surface area contributed by atoms with Gasteiger partial charge in [-0.25, -0.2) is 12.7 Å². The monoisotopic (exact) mass is 641 g/mol. The van der Waals surface area contributed by atoms with Gasteiger partial charge in [-0.15, -0.1) is 0 Å². The molecule has 3 heterocycles. The number of aromatic nitrogens is 1. The first kappa shape index (κ1) is 29.7. The zero-order valence-electron chi connectivity index (χ0n) is 23.4. The van der Waals surface area contributed by atoms with E-state index in [1.807, 2.05) is 36.4 Å². The van der Waals surface area contributed by atoms with Crippen molar-refractivity contribution in [3.05, 3.63) is 100 Å². The smallest absolute Gasteiger partial charge is 0.245 e. The maximum absolute atomic E-state index is 13.8. The highest BCUT2D eigenvalue weighted by Crippen LogP contribution is 2.45. The van der Waals surface area contributed by atoms with Crippen LogP contribution in [0.3, 0.4) is 0 Å². The van der Waals surface area contributed by atoms with E-state index < -0.39 is 20.8 Å². The number of hydrogen-bond donors (Lipinski definition) is 0. The SMILES string of the molecule is CN(C[C@@H](CCN1CCC2(CC1)CS(=O)c1ccccc12)c1ccc(Cl)c(Cl)c1)S(=O)(=O)c1cccc2cccnc12. The molecule has 6 nitrogen and oxygen atoms in total. The van der Waals surface area contributed by atoms with Gasteiger partial charge < -0.3 is 4.90 Å². The Morgan fingerprint density at radius 3 is 2.55 bits per heavy atom. The summed E-state index contributed by atoms with van der Waals surface area (Å²) >= 11 is 12.6. The van der Waals surface area contributed by atoms with Gasteiger partial charge in [-0.2, -0.15) is 0 Å². The number of likely N-dealkylation sites (N-methyl/N-ethyl adjacent to an activating group) is 1. The molecular formula is C32H33Cl2N3O3S2. The second kappa shape index (κ2) is 12.0. The van der Waals surface area contributed by atoms with Crippen LogP contribution in [0.15, 0.2) is 88.8 Å². The number of piperidine rings is 1. The lowest BCUT2D eigenvalue weighted by Gasteiger charge is -2.40. The Morgan fingerprint density at radius 2 is 1.76 bits per heavy atom. The lowest BCUT2D eigenvalue weighted by molar-refractivity contribution is 0.165. The molecule has 3 aromatic carbocycles. The van der Waals surface area contributed by atoms with Gasteiger partial charge in [0.25, 0.3) is 0 Å². The Kier molecular flexibility index (Phi) is 8.48. The topological polar surface area (TPSA) is 70.6 Å². The van der Waals surface area contributed by atoms with Crippen LogP contribution in [0, 0.1) is 0 Å². The second-order valence-corrected chi connectivity index (χ2v) is 15.6. The zero-order valence-corrected chi connectivity index (χ0v) is 26.5. The predicted molar refractivity (Wildman–Crippen MR) is 170 cm³/mol. The van der Waals surface area contributed by atoms with Gasteiger partial charge in [-0.05, 0) is 86.3 Å². The van der Waals surface area contributed by atoms with Crippen LogP contribution in [-0.2, 0) is 26.2 Å². The molecule has 0 N–H and O–H groups in total. The van der Waals surface area contributed by atoms with Crippen LogP contribution < -0.4 is 0 Å². The number of hydrogen-bond acceptors (Lipinski definition) is 5. The maximum Gasteiger partial charge on any atom is 0.245 e. The third-order valence-electron chi connectivity index (χ3n) is 8.89. The molecular weight excluding hydrogens is 609 g/mol. The van der Waals surface area contributed by atoms with E-state index in [0.717, 1.165) is 54.7 Å². The number of halogens is 2. The highest BCUT2D eigenvalue weighted by molar-refractivity contribution is 7.89. The molecule has 2 aliphatic rings. The fourth-order valence-electron chi connectivity index (χ4n) is 6.46. The van der Waals surface area contributed by atoms with Crippen LogP contribution in [-0.4, -0.2) is 65.8 Å². The number of fused-ring (bicyclic) bond motifs is 3. The van der Waals surface area contributed by atoms with Gasteiger partial charge in [0, 0.05) is 41.2 Å². The summed E-state index contributed by atoms with van der Waals surface area (Å²) in [5.41, 5.74) is 2.67. The van der Waals surface area contributed by atoms with Gasteiger partial charge in [0.05, 0.1) is 26.4 Å². The summed E-state index contributed by atoms with van der Waals surface area (Å²) in [6.45, 7) is 2.92. The Labute approximate surface area is 260 Å². The highest BCUT2D eigenvalue weighted by atomic mass is 35.5. The van der Waals surface area contributed by atoms with E-state index in [9.17, 15) is 12.6 Å². The van der Waals surface area contributed by atoms with Gasteiger partial charge in [0.1, 0.15) is 4.90 Å². The van der Waals surface area contributed by atoms with Crippen molar-refractivity contribution >= 4 is 54.9 Å². The minimum absolute atomic E-state index is 0.0121. The van der Waals surface area contributed by atoms with E-state index in [0.29, 0.717) is 21.3 Å². The molecule has 6 rings (SSSR count). The standard InChI is InChI=1S/C32H33Cl2N3O3S2/c1-36(42(39,40)30-10-4-6-23-7-5-16-35-31(23)30)21-25(24-11-12-27(33)28(34)20-24)13-17-37-18-14-32(15-19-37)22-41(38)29-9-3-2-8-26(29)32/h2-12,16,20,25H,13-15,17-19,21-22H2,1H3/t25-,41?/m1/s1. The molecule has 1 spiro atoms. The Bertz CT molecular complexity index is 1750. The molecule has 42 heavy (non-hydrogen) atoms. The Hall–Kier alpha value is -2.33. The highest BCUT2D eigenvalue weighted by Gasteiger charge is 2.44. The van der Waals surface area contributed by atoms with Crippen LogP contribution in [0.5, 0.6) is 0 Å². The average molecular weight is 643 g/mol. The molecule has 1 unspecified atom stereocenters. The fourth-order valence-corrected chi connectivity index (χ4v) is 10.0. The first-order valence-corrected chi connectivity index (χ1v) is 17.6. The Balaban J connectivity index is 1.19. The summed E-state index contributed by atoms with van der Waals surface area (Å²) in [6.07, 6.45) is 4.30. The molecule has 10 heteroatoms. The van der Waals surface area contributed by atoms with Crippen LogP contribution in [0.2, 0.25) is 10.0 Å². The van der Waals surface area contributed by atoms with Gasteiger partial charge in [-0.1, -0.05) is 65.7 Å². The van der Waals surface area contributed by atoms with Crippen LogP contribution in [0.1, 0.15) is 36.3 Å². The van der Waals surface area contributed by atoms with Crippen molar-refractivity contribution < 1.29 is 12.6 Å². The molecule has 0 aliphatic carbocycles. The molecule has 0 saturated carbocycles. The van der Waals surface area contributed by atoms with E-state index in [1.54, 1.807) is 37.5 Å². The molecule has 4 aromatic rings. The summed E-state index contributed by atoms with van der Waals surface area (Å²) in [6, 6.07) is 22.7. The lowest BCUT2D eigenvalue weighted by atomic mass is 9.74. The van der Waals surface area contributed by atoms with E-state index in [4.69, 9.17) is 23.2 Å². The van der Waals surface area contributed by atoms with E-state index in [2.05, 4.69) is 22.0 Å². The second-order valence-electron chi connectivity index (χ2n) is 11.4. The first-order chi connectivity index (χ1) is 20.2. The van der Waals surface area contributed by atoms with E-state index >= 15 is 0 Å². The summed E-state index contributed by atoms with van der Waals surface area (Å²) < 4.78 is 41.9. The zero-order chi connectivity index (χ0) is 29.5. The first-order valence-electron chi connectivity index (χ1n) is 14.1. The molecule has 1 fully saturated rings. The molecule has 220 valence electrons. The van der Waals surface area contributed by atoms with Gasteiger partial charge in [0.2, 0.25) is 10.0 Å². The molecule has 2 atom stereocenters. The quantitative estimate of drug-likeness (QED) is 0.220. The van der Waals surface area contributed by atoms with Crippen molar-refractivity contribution in [2.45, 2.75) is 40.4 Å². The maximum atomic E-state index is 13.8. The van der Waals surface area contributed by atoms with Crippen molar-refractivity contribution in [3.8, 4) is 0 Å². The number of sulfonamides is 1. The molecule has 2 aliphatic heterocycles. The summed E-state index contributed by atoms with van der Waals surface area (Å²) in [5, 5.41) is 1.71. The van der Waals surface area contributed by atoms with Crippen molar-refractivity contribution in [2.24, 2.45) is 0 Å². The van der Waals surface area contributed by atoms with Gasteiger partial charge in [0.15, 0.2) is 0 Å². The predicted octanol–water partition coefficient (Wildman–Crippen LogP) is 6.49. The van der Waals surface area contributed by atoms with Gasteiger partial charge in [-0.3, -0.25) is 9.19 Å². The summed E-state index contributed by atoms with van der Waals surface area (Å²) in [4.78, 5) is 8.02. The lowest BCUT2D eigenvalue weighted by Crippen LogP contribution is -2.44. The molecule has 0 bridgehead atoms. The number of benzene rings is 3. The average Bonchev–Trinajstić information content (AvgIpc) is 3.27. The number of pyridine rings is 1. The van der Waals surface area contributed by atoms with Crippen LogP contribution >= 0.6 is 23.2 Å². The normalized spacial score (nSPS) is 19.4. The van der Waals surface area contributed by atoms with E-state index in [-0.39, 0.29) is 22.8 Å². The number of nitrogens with zero attached hydrogens (tertiary/aromatic N) is 3. The van der Waals surface area contributed by atoms with Gasteiger partial charge >= 0.3 is 0 Å². The number of para-hydroxylation sites is 1. The number of likely N-dealkylation sites (tertiary alicyclic amines) is 1. The minimum Gasteiger partial charge on any atom is -0.303 e. The fraction of sp³-hybridized carbons (Fsp3) is 0.344.